The number of carbonyl (C=O) groups is 2. The van der Waals surface area contributed by atoms with Crippen molar-refractivity contribution in [2.24, 2.45) is 5.16 Å². The highest BCUT2D eigenvalue weighted by Gasteiger charge is 2.41. The molecule has 2 N–H and O–H groups in total. The zero-order valence-corrected chi connectivity index (χ0v) is 19.5. The SMILES string of the molecule is O=C(Nc1cccc(-c2nn[nH]n2)c1)C1Cc2nccnc2CN1C(=O)C1CC(c2ccccc2)=NO1. The molecular formula is C25H21N9O3. The highest BCUT2D eigenvalue weighted by molar-refractivity contribution is 6.05. The van der Waals surface area contributed by atoms with E-state index < -0.39 is 12.1 Å². The number of amides is 2. The first-order valence-electron chi connectivity index (χ1n) is 11.7. The predicted octanol–water partition coefficient (Wildman–Crippen LogP) is 1.74. The van der Waals surface area contributed by atoms with Gasteiger partial charge in [-0.1, -0.05) is 47.6 Å². The monoisotopic (exact) mass is 495 g/mol. The van der Waals surface area contributed by atoms with Crippen LogP contribution in [0.5, 0.6) is 0 Å². The molecule has 0 saturated carbocycles. The highest BCUT2D eigenvalue weighted by Crippen LogP contribution is 2.26. The molecule has 2 aliphatic heterocycles. The summed E-state index contributed by atoms with van der Waals surface area (Å²) in [6, 6.07) is 15.8. The van der Waals surface area contributed by atoms with Crippen molar-refractivity contribution in [1.82, 2.24) is 35.5 Å². The van der Waals surface area contributed by atoms with Crippen LogP contribution in [0.15, 0.2) is 72.1 Å². The van der Waals surface area contributed by atoms with Crippen LogP contribution in [0.1, 0.15) is 23.4 Å². The first-order valence-corrected chi connectivity index (χ1v) is 11.7. The molecule has 0 bridgehead atoms. The number of tetrazole rings is 1. The Bertz CT molecular complexity index is 1470. The molecular weight excluding hydrogens is 474 g/mol. The van der Waals surface area contributed by atoms with E-state index in [1.807, 2.05) is 36.4 Å². The van der Waals surface area contributed by atoms with E-state index in [0.29, 0.717) is 40.6 Å². The number of carbonyl (C=O) groups excluding carboxylic acids is 2. The summed E-state index contributed by atoms with van der Waals surface area (Å²) in [5.74, 6) is -0.272. The molecule has 2 aromatic carbocycles. The van der Waals surface area contributed by atoms with E-state index in [1.54, 1.807) is 30.6 Å². The number of aromatic amines is 1. The summed E-state index contributed by atoms with van der Waals surface area (Å²) < 4.78 is 0. The fourth-order valence-corrected chi connectivity index (χ4v) is 4.47. The summed E-state index contributed by atoms with van der Waals surface area (Å²) in [6.07, 6.45) is 2.87. The maximum Gasteiger partial charge on any atom is 0.267 e. The minimum atomic E-state index is -0.828. The molecule has 6 rings (SSSR count). The maximum absolute atomic E-state index is 13.6. The summed E-state index contributed by atoms with van der Waals surface area (Å²) >= 11 is 0. The average Bonchev–Trinajstić information content (AvgIpc) is 3.66. The molecule has 37 heavy (non-hydrogen) atoms. The maximum atomic E-state index is 13.6. The van der Waals surface area contributed by atoms with E-state index in [2.05, 4.69) is 41.1 Å². The minimum Gasteiger partial charge on any atom is -0.382 e. The number of nitrogens with one attached hydrogen (secondary N) is 2. The van der Waals surface area contributed by atoms with Crippen LogP contribution < -0.4 is 5.32 Å². The molecule has 2 amide bonds. The molecule has 0 aliphatic carbocycles. The van der Waals surface area contributed by atoms with Gasteiger partial charge in [-0.15, -0.1) is 10.2 Å². The van der Waals surface area contributed by atoms with Gasteiger partial charge in [0.2, 0.25) is 17.8 Å². The zero-order valence-electron chi connectivity index (χ0n) is 19.5. The first-order chi connectivity index (χ1) is 18.2. The third-order valence-electron chi connectivity index (χ3n) is 6.31. The van der Waals surface area contributed by atoms with E-state index in [1.165, 1.54) is 4.90 Å². The molecule has 2 aromatic heterocycles. The molecule has 0 spiro atoms. The third-order valence-corrected chi connectivity index (χ3v) is 6.31. The van der Waals surface area contributed by atoms with Crippen molar-refractivity contribution in [2.45, 2.75) is 31.5 Å². The molecule has 184 valence electrons. The van der Waals surface area contributed by atoms with Crippen LogP contribution in [-0.2, 0) is 27.4 Å². The molecule has 0 saturated heterocycles. The average molecular weight is 496 g/mol. The molecule has 4 heterocycles. The number of fused-ring (bicyclic) bond motifs is 1. The number of aromatic nitrogens is 6. The Kier molecular flexibility index (Phi) is 5.81. The van der Waals surface area contributed by atoms with Crippen molar-refractivity contribution in [3.63, 3.8) is 0 Å². The molecule has 12 heteroatoms. The number of oxime groups is 1. The van der Waals surface area contributed by atoms with Crippen LogP contribution in [0.4, 0.5) is 5.69 Å². The van der Waals surface area contributed by atoms with Crippen LogP contribution in [0, 0.1) is 0 Å². The highest BCUT2D eigenvalue weighted by atomic mass is 16.6. The van der Waals surface area contributed by atoms with E-state index in [-0.39, 0.29) is 24.8 Å². The lowest BCUT2D eigenvalue weighted by molar-refractivity contribution is -0.149. The van der Waals surface area contributed by atoms with Gasteiger partial charge in [-0.05, 0) is 22.9 Å². The summed E-state index contributed by atoms with van der Waals surface area (Å²) in [7, 11) is 0. The lowest BCUT2D eigenvalue weighted by Gasteiger charge is -2.35. The Morgan fingerprint density at radius 3 is 2.59 bits per heavy atom. The van der Waals surface area contributed by atoms with Gasteiger partial charge < -0.3 is 15.1 Å². The minimum absolute atomic E-state index is 0.142. The lowest BCUT2D eigenvalue weighted by atomic mass is 9.98. The topological polar surface area (TPSA) is 151 Å². The molecule has 4 aromatic rings. The first kappa shape index (κ1) is 22.5. The second kappa shape index (κ2) is 9.57. The Balaban J connectivity index is 1.23. The molecule has 2 atom stereocenters. The van der Waals surface area contributed by atoms with Crippen LogP contribution in [0.3, 0.4) is 0 Å². The molecule has 2 unspecified atom stereocenters. The fourth-order valence-electron chi connectivity index (χ4n) is 4.47. The number of benzene rings is 2. The molecule has 12 nitrogen and oxygen atoms in total. The van der Waals surface area contributed by atoms with Gasteiger partial charge in [0.25, 0.3) is 5.91 Å². The van der Waals surface area contributed by atoms with Gasteiger partial charge in [-0.25, -0.2) is 0 Å². The number of anilines is 1. The fraction of sp³-hybridized carbons (Fsp3) is 0.200. The van der Waals surface area contributed by atoms with Crippen molar-refractivity contribution in [2.75, 3.05) is 5.32 Å². The van der Waals surface area contributed by atoms with Gasteiger partial charge in [-0.2, -0.15) is 5.21 Å². The van der Waals surface area contributed by atoms with Crippen LogP contribution in [-0.4, -0.2) is 65.2 Å². The van der Waals surface area contributed by atoms with E-state index >= 15 is 0 Å². The third kappa shape index (κ3) is 4.51. The van der Waals surface area contributed by atoms with Crippen LogP contribution in [0.2, 0.25) is 0 Å². The van der Waals surface area contributed by atoms with Gasteiger partial charge in [0.05, 0.1) is 23.6 Å². The van der Waals surface area contributed by atoms with Crippen molar-refractivity contribution < 1.29 is 14.4 Å². The summed E-state index contributed by atoms with van der Waals surface area (Å²) in [5, 5.41) is 21.0. The summed E-state index contributed by atoms with van der Waals surface area (Å²) in [5.41, 5.74) is 4.14. The smallest absolute Gasteiger partial charge is 0.267 e. The number of H-pyrrole nitrogens is 1. The molecule has 0 radical (unpaired) electrons. The molecule has 2 aliphatic rings. The Labute approximate surface area is 210 Å². The van der Waals surface area contributed by atoms with Crippen molar-refractivity contribution >= 4 is 23.2 Å². The van der Waals surface area contributed by atoms with Crippen molar-refractivity contribution in [3.8, 4) is 11.4 Å². The Morgan fingerprint density at radius 2 is 1.78 bits per heavy atom. The number of rotatable bonds is 5. The van der Waals surface area contributed by atoms with Gasteiger partial charge in [0, 0.05) is 36.5 Å². The van der Waals surface area contributed by atoms with Crippen molar-refractivity contribution in [3.05, 3.63) is 83.9 Å². The summed E-state index contributed by atoms with van der Waals surface area (Å²) in [6.45, 7) is 0.142. The van der Waals surface area contributed by atoms with Crippen LogP contribution in [0.25, 0.3) is 11.4 Å². The van der Waals surface area contributed by atoms with Gasteiger partial charge >= 0.3 is 0 Å². The van der Waals surface area contributed by atoms with E-state index in [0.717, 1.165) is 5.56 Å². The van der Waals surface area contributed by atoms with Crippen molar-refractivity contribution in [1.29, 1.82) is 0 Å². The Morgan fingerprint density at radius 1 is 0.973 bits per heavy atom. The standard InChI is InChI=1S/C25H21N9O3/c35-24(28-17-8-4-7-16(11-17)23-29-32-33-30-23)21-12-19-20(27-10-9-26-19)14-34(21)25(36)22-13-18(31-37-22)15-5-2-1-3-6-15/h1-11,21-22H,12-14H2,(H,28,35)(H,29,30,32,33). The van der Waals surface area contributed by atoms with E-state index in [9.17, 15) is 9.59 Å². The lowest BCUT2D eigenvalue weighted by Crippen LogP contribution is -2.53. The van der Waals surface area contributed by atoms with Crippen LogP contribution >= 0.6 is 0 Å². The number of nitrogens with zero attached hydrogens (tertiary/aromatic N) is 7. The van der Waals surface area contributed by atoms with Gasteiger partial charge in [-0.3, -0.25) is 19.6 Å². The second-order valence-corrected chi connectivity index (χ2v) is 8.64. The quantitative estimate of drug-likeness (QED) is 0.425. The molecule has 0 fully saturated rings. The normalized spacial score (nSPS) is 18.5. The predicted molar refractivity (Wildman–Crippen MR) is 131 cm³/mol. The van der Waals surface area contributed by atoms with Gasteiger partial charge in [0.15, 0.2) is 0 Å². The zero-order chi connectivity index (χ0) is 25.2. The number of hydrogen-bond acceptors (Lipinski definition) is 9. The Hall–Kier alpha value is -5.00. The second-order valence-electron chi connectivity index (χ2n) is 8.64. The summed E-state index contributed by atoms with van der Waals surface area (Å²) in [4.78, 5) is 43.0. The van der Waals surface area contributed by atoms with Gasteiger partial charge in [0.1, 0.15) is 6.04 Å². The van der Waals surface area contributed by atoms with E-state index in [4.69, 9.17) is 4.84 Å². The number of hydrogen-bond donors (Lipinski definition) is 2. The largest absolute Gasteiger partial charge is 0.382 e.